The summed E-state index contributed by atoms with van der Waals surface area (Å²) in [6, 6.07) is 7.72. The summed E-state index contributed by atoms with van der Waals surface area (Å²) < 4.78 is 85.1. The Kier molecular flexibility index (Phi) is 17.7. The van der Waals surface area contributed by atoms with Gasteiger partial charge in [-0.15, -0.1) is 0 Å². The van der Waals surface area contributed by atoms with Crippen LogP contribution in [0.2, 0.25) is 0 Å². The Morgan fingerprint density at radius 3 is 1.31 bits per heavy atom. The van der Waals surface area contributed by atoms with E-state index in [0.29, 0.717) is 10.3 Å². The Morgan fingerprint density at radius 2 is 1.13 bits per heavy atom. The van der Waals surface area contributed by atoms with E-state index in [1.165, 1.54) is 0 Å². The van der Waals surface area contributed by atoms with Crippen molar-refractivity contribution in [2.45, 2.75) is 78.1 Å². The molecule has 0 spiro atoms. The van der Waals surface area contributed by atoms with Crippen molar-refractivity contribution in [3.05, 3.63) is 66.3 Å². The van der Waals surface area contributed by atoms with Crippen molar-refractivity contribution in [1.82, 2.24) is 4.98 Å². The Morgan fingerprint density at radius 1 is 0.795 bits per heavy atom. The van der Waals surface area contributed by atoms with E-state index in [0.717, 1.165) is 29.4 Å². The second kappa shape index (κ2) is 16.1. The van der Waals surface area contributed by atoms with Crippen LogP contribution >= 0.6 is 15.1 Å². The van der Waals surface area contributed by atoms with E-state index in [4.69, 9.17) is 0 Å². The van der Waals surface area contributed by atoms with Gasteiger partial charge >= 0.3 is 32.8 Å². The van der Waals surface area contributed by atoms with Gasteiger partial charge in [0.25, 0.3) is 0 Å². The van der Waals surface area contributed by atoms with Crippen molar-refractivity contribution >= 4 is 28.4 Å². The Hall–Kier alpha value is -0.663. The molecule has 0 aliphatic carbocycles. The third kappa shape index (κ3) is 18.4. The molecule has 0 atom stereocenters. The molecule has 2 rings (SSSR count). The maximum absolute atomic E-state index is 12.2. The maximum atomic E-state index is 12.2. The van der Waals surface area contributed by atoms with Crippen LogP contribution in [0.4, 0.5) is 26.3 Å². The van der Waals surface area contributed by atoms with E-state index in [1.54, 1.807) is 0 Å². The van der Waals surface area contributed by atoms with Crippen molar-refractivity contribution in [3.8, 4) is 0 Å². The molecule has 0 amide bonds. The van der Waals surface area contributed by atoms with E-state index < -0.39 is 46.4 Å². The van der Waals surface area contributed by atoms with Crippen LogP contribution in [0.3, 0.4) is 0 Å². The van der Waals surface area contributed by atoms with Crippen LogP contribution in [0.15, 0.2) is 36.4 Å². The Balaban J connectivity index is -0.000000505. The summed E-state index contributed by atoms with van der Waals surface area (Å²) in [6.07, 6.45) is -9.44. The van der Waals surface area contributed by atoms with Gasteiger partial charge in [0.15, 0.2) is 0 Å². The molecular weight excluding hydrogens is 647 g/mol. The zero-order chi connectivity index (χ0) is 29.6. The normalized spacial score (nSPS) is 12.3. The molecule has 0 unspecified atom stereocenters. The molecule has 0 bridgehead atoms. The average Bonchev–Trinajstić information content (AvgIpc) is 2.63. The first-order valence-corrected chi connectivity index (χ1v) is 15.8. The van der Waals surface area contributed by atoms with Gasteiger partial charge in [-0.2, -0.15) is 26.3 Å². The molecule has 2 nitrogen and oxygen atoms in total. The number of halogens is 6. The second-order valence-corrected chi connectivity index (χ2v) is 19.5. The van der Waals surface area contributed by atoms with Gasteiger partial charge in [0.2, 0.25) is 0 Å². The van der Waals surface area contributed by atoms with Crippen molar-refractivity contribution in [2.24, 2.45) is 0 Å². The summed E-state index contributed by atoms with van der Waals surface area (Å²) in [5, 5.41) is 0.676. The zero-order valence-corrected chi connectivity index (χ0v) is 27.5. The van der Waals surface area contributed by atoms with Gasteiger partial charge in [-0.25, -0.2) is 5.46 Å². The van der Waals surface area contributed by atoms with Crippen molar-refractivity contribution < 1.29 is 51.3 Å². The van der Waals surface area contributed by atoms with Crippen LogP contribution in [0, 0.1) is 21.3 Å². The summed E-state index contributed by atoms with van der Waals surface area (Å²) in [5.41, 5.74) is -0.0863. The molecule has 1 aromatic carbocycles. The zero-order valence-electron chi connectivity index (χ0n) is 24.1. The summed E-state index contributed by atoms with van der Waals surface area (Å²) >= 11 is 0. The molecule has 0 aliphatic heterocycles. The molecular formula is C27H45BF6NOP2Pd+. The quantitative estimate of drug-likeness (QED) is 0.137. The van der Waals surface area contributed by atoms with Crippen molar-refractivity contribution in [1.29, 1.82) is 0 Å². The molecule has 0 radical (unpaired) electrons. The number of hydrogen-bond acceptors (Lipinski definition) is 2. The molecule has 0 fully saturated rings. The fourth-order valence-corrected chi connectivity index (χ4v) is 12.5. The predicted octanol–water partition coefficient (Wildman–Crippen LogP) is 8.24. The van der Waals surface area contributed by atoms with E-state index in [-0.39, 0.29) is 39.4 Å². The van der Waals surface area contributed by atoms with Gasteiger partial charge in [0, 0.05) is 19.3 Å². The van der Waals surface area contributed by atoms with Gasteiger partial charge in [-0.3, -0.25) is 4.98 Å². The van der Waals surface area contributed by atoms with E-state index in [2.05, 4.69) is 46.5 Å². The number of nitrogens with zero attached hydrogens (tertiary/aromatic N) is 1. The molecule has 39 heavy (non-hydrogen) atoms. The van der Waals surface area contributed by atoms with Gasteiger partial charge in [0.05, 0.1) is 21.4 Å². The molecule has 1 heterocycles. The first-order valence-electron chi connectivity index (χ1n) is 11.3. The van der Waals surface area contributed by atoms with Gasteiger partial charge < -0.3 is 12.0 Å². The van der Waals surface area contributed by atoms with Crippen LogP contribution < -0.4 is 5.46 Å². The van der Waals surface area contributed by atoms with Crippen LogP contribution in [0.1, 0.15) is 64.1 Å². The fraction of sp³-hybridized carbons (Fsp3) is 0.556. The molecule has 2 aromatic rings. The minimum absolute atomic E-state index is 0. The smallest absolute Gasteiger partial charge is 0.358 e. The number of benzene rings is 1. The van der Waals surface area contributed by atoms with Crippen molar-refractivity contribution in [2.75, 3.05) is 19.2 Å². The minimum Gasteiger partial charge on any atom is -0.358 e. The summed E-state index contributed by atoms with van der Waals surface area (Å²) in [7, 11) is -3.16. The first kappa shape index (κ1) is 42.8. The first-order chi connectivity index (χ1) is 16.2. The average molecular weight is 693 g/mol. The Labute approximate surface area is 247 Å². The number of alkyl halides is 6. The van der Waals surface area contributed by atoms with E-state index >= 15 is 0 Å². The molecule has 0 N–H and O–H groups in total. The largest absolute Gasteiger partial charge is 2.00 e. The molecule has 12 heteroatoms. The molecule has 1 aromatic heterocycles. The topological polar surface area (TPSA) is 30.0 Å². The van der Waals surface area contributed by atoms with Crippen LogP contribution in [-0.2, 0) is 37.3 Å². The van der Waals surface area contributed by atoms with Gasteiger partial charge in [-0.05, 0) is 94.8 Å². The van der Waals surface area contributed by atoms with Gasteiger partial charge in [0.1, 0.15) is 13.0 Å². The standard InChI is InChI=1S/C11H26OP2.C8H6BF6.C7H9N.CH3.Pd/c1-10(2,3)13(11(4,5)6)9-14(7,8)12;9-6-2-4(7(10,11)12)1-5(3-6)8(13,14)15;1-6-4-3-5-7(2)8-6;;/h9H2,1-8H3;1-3H,9H3;3-5H,1-2H3;1H3;/q;-1;;-1;+2/p+1. The van der Waals surface area contributed by atoms with Gasteiger partial charge in [-0.1, -0.05) is 18.2 Å². The summed E-state index contributed by atoms with van der Waals surface area (Å²) in [5.74, 6) is 0.963. The Bertz CT molecular complexity index is 994. The third-order valence-corrected chi connectivity index (χ3v) is 12.8. The van der Waals surface area contributed by atoms with Crippen molar-refractivity contribution in [3.63, 3.8) is 0 Å². The number of pyridine rings is 1. The predicted molar refractivity (Wildman–Crippen MR) is 158 cm³/mol. The van der Waals surface area contributed by atoms with Crippen LogP contribution in [0.25, 0.3) is 0 Å². The monoisotopic (exact) mass is 692 g/mol. The minimum atomic E-state index is -4.72. The maximum Gasteiger partial charge on any atom is 2.00 e. The number of hydrogen-bond donors (Lipinski definition) is 0. The molecule has 0 saturated heterocycles. The molecule has 0 saturated carbocycles. The summed E-state index contributed by atoms with van der Waals surface area (Å²) in [6.45, 7) is 21.6. The molecule has 228 valence electrons. The second-order valence-electron chi connectivity index (χ2n) is 11.1. The SMILES string of the molecule is CC(C)(C)[PH+](CP(C)(C)=O)C(C)(C)C.Cc1cccc(C)n1.[BH3-]c1cc(C(F)(F)F)cc(C(F)(F)F)c1.[CH3-].[Pd+2]. The summed E-state index contributed by atoms with van der Waals surface area (Å²) in [4.78, 5) is 4.17. The van der Waals surface area contributed by atoms with E-state index in [1.807, 2.05) is 45.4 Å². The number of aryl methyl sites for hydroxylation is 2. The number of rotatable bonds is 2. The van der Waals surface area contributed by atoms with Crippen LogP contribution in [0.5, 0.6) is 0 Å². The van der Waals surface area contributed by atoms with E-state index in [9.17, 15) is 30.9 Å². The van der Waals surface area contributed by atoms with Crippen LogP contribution in [-0.4, -0.2) is 42.4 Å². The fourth-order valence-electron chi connectivity index (χ4n) is 3.46. The third-order valence-electron chi connectivity index (χ3n) is 4.82. The number of aromatic nitrogens is 1. The molecule has 0 aliphatic rings.